The first-order valence-corrected chi connectivity index (χ1v) is 12.5. The lowest BCUT2D eigenvalue weighted by molar-refractivity contribution is -0.137. The van der Waals surface area contributed by atoms with E-state index >= 15 is 0 Å². The molecule has 0 bridgehead atoms. The van der Waals surface area contributed by atoms with Crippen LogP contribution in [0, 0.1) is 0 Å². The van der Waals surface area contributed by atoms with E-state index < -0.39 is 5.97 Å². The molecule has 4 aromatic rings. The van der Waals surface area contributed by atoms with Crippen LogP contribution in [0.15, 0.2) is 55.3 Å². The fourth-order valence-electron chi connectivity index (χ4n) is 4.14. The van der Waals surface area contributed by atoms with Crippen LogP contribution in [0.4, 0.5) is 5.82 Å². The molecule has 1 aliphatic carbocycles. The minimum atomic E-state index is -0.429. The van der Waals surface area contributed by atoms with Crippen molar-refractivity contribution in [3.8, 4) is 28.7 Å². The Kier molecular flexibility index (Phi) is 7.39. The number of ether oxygens (including phenoxy) is 2. The van der Waals surface area contributed by atoms with Crippen molar-refractivity contribution in [1.82, 2.24) is 29.5 Å². The maximum Gasteiger partial charge on any atom is 0.330 e. The summed E-state index contributed by atoms with van der Waals surface area (Å²) in [7, 11) is 3.55. The number of hydrogen-bond donors (Lipinski definition) is 1. The normalized spacial score (nSPS) is 13.0. The van der Waals surface area contributed by atoms with Crippen molar-refractivity contribution in [1.29, 1.82) is 0 Å². The van der Waals surface area contributed by atoms with Gasteiger partial charge in [-0.2, -0.15) is 0 Å². The molecule has 194 valence electrons. The van der Waals surface area contributed by atoms with E-state index in [2.05, 4.69) is 25.3 Å². The number of rotatable bonds is 10. The number of hydrogen-bond acceptors (Lipinski definition) is 9. The van der Waals surface area contributed by atoms with Gasteiger partial charge in [0.05, 0.1) is 19.4 Å². The van der Waals surface area contributed by atoms with Crippen molar-refractivity contribution in [3.63, 3.8) is 0 Å². The molecule has 1 N–H and O–H groups in total. The smallest absolute Gasteiger partial charge is 0.330 e. The number of imidazole rings is 1. The van der Waals surface area contributed by atoms with Gasteiger partial charge < -0.3 is 19.4 Å². The maximum atomic E-state index is 11.9. The van der Waals surface area contributed by atoms with Gasteiger partial charge in [0.25, 0.3) is 0 Å². The van der Waals surface area contributed by atoms with Gasteiger partial charge in [-0.25, -0.2) is 29.7 Å². The van der Waals surface area contributed by atoms with Crippen molar-refractivity contribution in [2.45, 2.75) is 32.2 Å². The molecule has 38 heavy (non-hydrogen) atoms. The Hall–Kier alpha value is -4.60. The second-order valence-corrected chi connectivity index (χ2v) is 8.91. The number of aryl methyl sites for hydroxylation is 1. The molecule has 0 aliphatic heterocycles. The van der Waals surface area contributed by atoms with Crippen LogP contribution < -0.4 is 10.1 Å². The number of benzene rings is 1. The first-order valence-electron chi connectivity index (χ1n) is 12.5. The van der Waals surface area contributed by atoms with Gasteiger partial charge in [0.2, 0.25) is 5.88 Å². The monoisotopic (exact) mass is 511 g/mol. The number of esters is 1. The van der Waals surface area contributed by atoms with E-state index in [1.807, 2.05) is 42.1 Å². The molecular weight excluding hydrogens is 482 g/mol. The number of anilines is 1. The number of nitrogens with zero attached hydrogens (tertiary/aromatic N) is 6. The number of aromatic nitrogens is 6. The zero-order valence-electron chi connectivity index (χ0n) is 21.6. The molecule has 1 aliphatic rings. The number of carbonyl (C=O) groups excluding carboxylic acids is 1. The topological polar surface area (TPSA) is 117 Å². The summed E-state index contributed by atoms with van der Waals surface area (Å²) in [5.41, 5.74) is 4.33. The highest BCUT2D eigenvalue weighted by Crippen LogP contribution is 2.45. The van der Waals surface area contributed by atoms with Crippen LogP contribution in [0.25, 0.3) is 28.9 Å². The van der Waals surface area contributed by atoms with Crippen molar-refractivity contribution in [2.75, 3.05) is 19.0 Å². The van der Waals surface area contributed by atoms with Crippen LogP contribution >= 0.6 is 0 Å². The zero-order valence-corrected chi connectivity index (χ0v) is 21.6. The second kappa shape index (κ2) is 11.2. The maximum absolute atomic E-state index is 11.9. The van der Waals surface area contributed by atoms with Gasteiger partial charge in [0, 0.05) is 55.3 Å². The lowest BCUT2D eigenvalue weighted by Crippen LogP contribution is -2.07. The molecule has 0 radical (unpaired) electrons. The van der Waals surface area contributed by atoms with E-state index in [0.717, 1.165) is 35.5 Å². The lowest BCUT2D eigenvalue weighted by atomic mass is 10.1. The number of carbonyl (C=O) groups is 1. The van der Waals surface area contributed by atoms with Crippen LogP contribution in [0.3, 0.4) is 0 Å². The van der Waals surface area contributed by atoms with Crippen LogP contribution in [0.1, 0.15) is 42.5 Å². The summed E-state index contributed by atoms with van der Waals surface area (Å²) >= 11 is 0. The van der Waals surface area contributed by atoms with Gasteiger partial charge in [-0.3, -0.25) is 0 Å². The molecule has 5 rings (SSSR count). The third-order valence-electron chi connectivity index (χ3n) is 6.22. The molecule has 0 atom stereocenters. The molecule has 1 fully saturated rings. The number of methoxy groups -OCH3 is 1. The predicted octanol–water partition coefficient (Wildman–Crippen LogP) is 4.41. The van der Waals surface area contributed by atoms with Gasteiger partial charge >= 0.3 is 5.97 Å². The average molecular weight is 512 g/mol. The van der Waals surface area contributed by atoms with Crippen LogP contribution in [-0.2, 0) is 23.1 Å². The third-order valence-corrected chi connectivity index (χ3v) is 6.22. The SMILES string of the molecule is CCOC(=O)/C=C/c1cnc(-c2c(OC)ncnc2C2CC2)nc1NCc1ccc(-c2nccn2C)cc1. The zero-order chi connectivity index (χ0) is 26.5. The standard InChI is InChI=1S/C28H29N7O3/c1-4-38-22(36)12-11-21-16-31-26(23-24(19-9-10-19)32-17-33-28(23)37-3)34-25(21)30-15-18-5-7-20(8-6-18)27-29-13-14-35(27)2/h5-8,11-14,16-17,19H,4,9-10,15H2,1-3H3,(H,30,31,34)/b12-11+. The number of nitrogens with one attached hydrogen (secondary N) is 1. The summed E-state index contributed by atoms with van der Waals surface area (Å²) in [4.78, 5) is 34.6. The first-order chi connectivity index (χ1) is 18.6. The highest BCUT2D eigenvalue weighted by Gasteiger charge is 2.31. The minimum absolute atomic E-state index is 0.301. The summed E-state index contributed by atoms with van der Waals surface area (Å²) in [6.07, 6.45) is 12.0. The second-order valence-electron chi connectivity index (χ2n) is 8.91. The molecule has 0 unspecified atom stereocenters. The molecule has 0 amide bonds. The average Bonchev–Trinajstić information content (AvgIpc) is 3.71. The van der Waals surface area contributed by atoms with Gasteiger partial charge in [-0.15, -0.1) is 0 Å². The minimum Gasteiger partial charge on any atom is -0.480 e. The molecule has 10 nitrogen and oxygen atoms in total. The fraction of sp³-hybridized carbons (Fsp3) is 0.286. The van der Waals surface area contributed by atoms with Crippen molar-refractivity contribution >= 4 is 17.9 Å². The van der Waals surface area contributed by atoms with Gasteiger partial charge in [-0.1, -0.05) is 24.3 Å². The van der Waals surface area contributed by atoms with Crippen molar-refractivity contribution < 1.29 is 14.3 Å². The van der Waals surface area contributed by atoms with Crippen LogP contribution in [0.5, 0.6) is 5.88 Å². The fourth-order valence-corrected chi connectivity index (χ4v) is 4.14. The van der Waals surface area contributed by atoms with E-state index in [4.69, 9.17) is 14.5 Å². The Balaban J connectivity index is 1.45. The summed E-state index contributed by atoms with van der Waals surface area (Å²) in [6.45, 7) is 2.58. The highest BCUT2D eigenvalue weighted by atomic mass is 16.5. The lowest BCUT2D eigenvalue weighted by Gasteiger charge is -2.14. The molecule has 0 spiro atoms. The highest BCUT2D eigenvalue weighted by molar-refractivity contribution is 5.88. The molecule has 3 heterocycles. The van der Waals surface area contributed by atoms with Crippen molar-refractivity contribution in [3.05, 3.63) is 72.1 Å². The Labute approximate surface area is 220 Å². The Morgan fingerprint density at radius 1 is 1.16 bits per heavy atom. The summed E-state index contributed by atoms with van der Waals surface area (Å²) in [5, 5.41) is 3.41. The predicted molar refractivity (Wildman–Crippen MR) is 143 cm³/mol. The largest absolute Gasteiger partial charge is 0.480 e. The van der Waals surface area contributed by atoms with E-state index in [1.165, 1.54) is 12.4 Å². The third kappa shape index (κ3) is 5.54. The summed E-state index contributed by atoms with van der Waals surface area (Å²) in [5.74, 6) is 2.29. The molecule has 0 saturated heterocycles. The summed E-state index contributed by atoms with van der Waals surface area (Å²) < 4.78 is 12.6. The quantitative estimate of drug-likeness (QED) is 0.244. The van der Waals surface area contributed by atoms with Crippen LogP contribution in [-0.4, -0.2) is 49.2 Å². The van der Waals surface area contributed by atoms with Crippen molar-refractivity contribution in [2.24, 2.45) is 7.05 Å². The van der Waals surface area contributed by atoms with Gasteiger partial charge in [0.15, 0.2) is 5.82 Å². The first kappa shape index (κ1) is 25.1. The van der Waals surface area contributed by atoms with E-state index in [-0.39, 0.29) is 0 Å². The molecule has 10 heteroatoms. The molecular formula is C28H29N7O3. The molecule has 1 aromatic carbocycles. The van der Waals surface area contributed by atoms with E-state index in [9.17, 15) is 4.79 Å². The Morgan fingerprint density at radius 3 is 2.66 bits per heavy atom. The van der Waals surface area contributed by atoms with E-state index in [0.29, 0.717) is 47.7 Å². The Bertz CT molecular complexity index is 1460. The van der Waals surface area contributed by atoms with Gasteiger partial charge in [0.1, 0.15) is 23.5 Å². The van der Waals surface area contributed by atoms with Gasteiger partial charge in [-0.05, 0) is 31.4 Å². The van der Waals surface area contributed by atoms with Crippen LogP contribution in [0.2, 0.25) is 0 Å². The Morgan fingerprint density at radius 2 is 1.97 bits per heavy atom. The van der Waals surface area contributed by atoms with E-state index in [1.54, 1.807) is 32.5 Å². The molecule has 1 saturated carbocycles. The molecule has 3 aromatic heterocycles. The summed E-state index contributed by atoms with van der Waals surface area (Å²) in [6, 6.07) is 8.18.